The summed E-state index contributed by atoms with van der Waals surface area (Å²) in [5.74, 6) is 1.29. The molecule has 0 aromatic carbocycles. The molecule has 0 fully saturated rings. The molecule has 0 bridgehead atoms. The van der Waals surface area contributed by atoms with Gasteiger partial charge in [0.1, 0.15) is 6.26 Å². The van der Waals surface area contributed by atoms with Crippen molar-refractivity contribution >= 4 is 16.9 Å². The van der Waals surface area contributed by atoms with Crippen molar-refractivity contribution in [2.45, 2.75) is 32.1 Å². The molecule has 0 atom stereocenters. The van der Waals surface area contributed by atoms with Crippen LogP contribution in [-0.4, -0.2) is 15.7 Å². The molecular formula is C9H15N3OS. The van der Waals surface area contributed by atoms with Crippen LogP contribution < -0.4 is 5.73 Å². The minimum atomic E-state index is -0.131. The van der Waals surface area contributed by atoms with Crippen LogP contribution in [0.25, 0.3) is 0 Å². The van der Waals surface area contributed by atoms with Gasteiger partial charge in [0.25, 0.3) is 0 Å². The van der Waals surface area contributed by atoms with Crippen LogP contribution in [0.15, 0.2) is 21.9 Å². The largest absolute Gasteiger partial charge is 0.448 e. The quantitative estimate of drug-likeness (QED) is 0.603. The summed E-state index contributed by atoms with van der Waals surface area (Å²) >= 11 is 1.43. The number of nitrogens with two attached hydrogens (primary N) is 1. The molecule has 5 heteroatoms. The first-order valence-corrected chi connectivity index (χ1v) is 5.32. The summed E-state index contributed by atoms with van der Waals surface area (Å²) in [4.78, 5) is 8.28. The third-order valence-corrected chi connectivity index (χ3v) is 2.05. The summed E-state index contributed by atoms with van der Waals surface area (Å²) < 4.78 is 5.07. The summed E-state index contributed by atoms with van der Waals surface area (Å²) in [6, 6.07) is 0. The normalized spacial score (nSPS) is 13.2. The Morgan fingerprint density at radius 2 is 2.36 bits per heavy atom. The van der Waals surface area contributed by atoms with Gasteiger partial charge in [-0.15, -0.1) is 0 Å². The number of oxazole rings is 1. The molecule has 1 aromatic heterocycles. The molecule has 14 heavy (non-hydrogen) atoms. The van der Waals surface area contributed by atoms with E-state index in [0.717, 1.165) is 0 Å². The Balaban J connectivity index is 2.42. The Labute approximate surface area is 88.0 Å². The first-order chi connectivity index (χ1) is 6.47. The Hall–Kier alpha value is -0.970. The van der Waals surface area contributed by atoms with E-state index in [4.69, 9.17) is 10.2 Å². The van der Waals surface area contributed by atoms with Gasteiger partial charge in [-0.3, -0.25) is 4.99 Å². The van der Waals surface area contributed by atoms with Gasteiger partial charge >= 0.3 is 0 Å². The van der Waals surface area contributed by atoms with Crippen LogP contribution in [0.4, 0.5) is 0 Å². The number of aromatic nitrogens is 1. The van der Waals surface area contributed by atoms with Crippen LogP contribution in [0.2, 0.25) is 0 Å². The van der Waals surface area contributed by atoms with Gasteiger partial charge in [0, 0.05) is 0 Å². The van der Waals surface area contributed by atoms with Crippen LogP contribution >= 0.6 is 11.8 Å². The molecule has 78 valence electrons. The van der Waals surface area contributed by atoms with E-state index < -0.39 is 0 Å². The Morgan fingerprint density at radius 3 is 2.86 bits per heavy atom. The summed E-state index contributed by atoms with van der Waals surface area (Å²) in [5, 5.41) is 0.565. The van der Waals surface area contributed by atoms with Crippen LogP contribution in [-0.2, 0) is 5.75 Å². The van der Waals surface area contributed by atoms with E-state index in [0.29, 0.717) is 16.8 Å². The van der Waals surface area contributed by atoms with E-state index in [1.165, 1.54) is 11.8 Å². The molecule has 0 saturated heterocycles. The van der Waals surface area contributed by atoms with Crippen molar-refractivity contribution in [2.75, 3.05) is 0 Å². The van der Waals surface area contributed by atoms with Crippen LogP contribution in [0.5, 0.6) is 0 Å². The van der Waals surface area contributed by atoms with Crippen molar-refractivity contribution in [3.05, 3.63) is 18.4 Å². The third-order valence-electron chi connectivity index (χ3n) is 1.27. The lowest BCUT2D eigenvalue weighted by Gasteiger charge is -2.12. The number of rotatable bonds is 2. The Kier molecular flexibility index (Phi) is 3.57. The van der Waals surface area contributed by atoms with Crippen molar-refractivity contribution < 1.29 is 4.42 Å². The monoisotopic (exact) mass is 213 g/mol. The van der Waals surface area contributed by atoms with Crippen molar-refractivity contribution in [3.63, 3.8) is 0 Å². The number of hydrogen-bond acceptors (Lipinski definition) is 4. The maximum Gasteiger partial charge on any atom is 0.204 e. The molecule has 0 aliphatic heterocycles. The summed E-state index contributed by atoms with van der Waals surface area (Å²) in [6.45, 7) is 6.02. The zero-order valence-electron chi connectivity index (χ0n) is 8.65. The Bertz CT molecular complexity index is 300. The smallest absolute Gasteiger partial charge is 0.204 e. The fraction of sp³-hybridized carbons (Fsp3) is 0.556. The van der Waals surface area contributed by atoms with Gasteiger partial charge in [-0.2, -0.15) is 0 Å². The molecule has 0 radical (unpaired) electrons. The maximum atomic E-state index is 5.72. The van der Waals surface area contributed by atoms with E-state index in [1.54, 1.807) is 12.5 Å². The highest BCUT2D eigenvalue weighted by atomic mass is 32.2. The predicted molar refractivity (Wildman–Crippen MR) is 59.2 cm³/mol. The predicted octanol–water partition coefficient (Wildman–Crippen LogP) is 2.02. The van der Waals surface area contributed by atoms with E-state index >= 15 is 0 Å². The van der Waals surface area contributed by atoms with Gasteiger partial charge in [-0.1, -0.05) is 11.8 Å². The number of hydrogen-bond donors (Lipinski definition) is 1. The lowest BCUT2D eigenvalue weighted by atomic mass is 10.1. The molecule has 0 spiro atoms. The van der Waals surface area contributed by atoms with Gasteiger partial charge in [0.05, 0.1) is 17.5 Å². The second-order valence-electron chi connectivity index (χ2n) is 3.84. The molecule has 2 N–H and O–H groups in total. The standard InChI is InChI=1S/C9H15N3OS/c1-9(2,3)12-8(10)14-6-7-11-4-5-13-7/h4-5H,6H2,1-3H3,(H2,10,12). The van der Waals surface area contributed by atoms with Gasteiger partial charge in [0.15, 0.2) is 5.17 Å². The average molecular weight is 213 g/mol. The van der Waals surface area contributed by atoms with Crippen LogP contribution in [0.3, 0.4) is 0 Å². The Morgan fingerprint density at radius 1 is 1.64 bits per heavy atom. The van der Waals surface area contributed by atoms with Gasteiger partial charge in [-0.05, 0) is 20.8 Å². The number of nitrogens with zero attached hydrogens (tertiary/aromatic N) is 2. The van der Waals surface area contributed by atoms with E-state index in [-0.39, 0.29) is 5.54 Å². The second-order valence-corrected chi connectivity index (χ2v) is 4.83. The lowest BCUT2D eigenvalue weighted by molar-refractivity contribution is 0.517. The molecular weight excluding hydrogens is 198 g/mol. The highest BCUT2D eigenvalue weighted by Crippen LogP contribution is 2.13. The van der Waals surface area contributed by atoms with Crippen molar-refractivity contribution in [2.24, 2.45) is 10.7 Å². The van der Waals surface area contributed by atoms with Crippen LogP contribution in [0.1, 0.15) is 26.7 Å². The topological polar surface area (TPSA) is 64.4 Å². The lowest BCUT2D eigenvalue weighted by Crippen LogP contribution is -2.17. The zero-order valence-corrected chi connectivity index (χ0v) is 9.47. The molecule has 1 aromatic rings. The molecule has 0 saturated carbocycles. The molecule has 0 amide bonds. The van der Waals surface area contributed by atoms with Crippen LogP contribution in [0, 0.1) is 0 Å². The molecule has 1 rings (SSSR count). The summed E-state index contributed by atoms with van der Waals surface area (Å²) in [7, 11) is 0. The fourth-order valence-electron chi connectivity index (χ4n) is 0.823. The summed E-state index contributed by atoms with van der Waals surface area (Å²) in [6.07, 6.45) is 3.17. The molecule has 0 unspecified atom stereocenters. The third kappa shape index (κ3) is 4.32. The highest BCUT2D eigenvalue weighted by Gasteiger charge is 2.09. The maximum absolute atomic E-state index is 5.72. The van der Waals surface area contributed by atoms with E-state index in [2.05, 4.69) is 9.98 Å². The number of amidine groups is 1. The van der Waals surface area contributed by atoms with Crippen molar-refractivity contribution in [1.82, 2.24) is 4.98 Å². The van der Waals surface area contributed by atoms with Gasteiger partial charge in [-0.25, -0.2) is 4.98 Å². The first kappa shape index (κ1) is 11.1. The van der Waals surface area contributed by atoms with E-state index in [1.807, 2.05) is 20.8 Å². The minimum Gasteiger partial charge on any atom is -0.448 e. The van der Waals surface area contributed by atoms with E-state index in [9.17, 15) is 0 Å². The minimum absolute atomic E-state index is 0.131. The molecule has 0 aliphatic rings. The average Bonchev–Trinajstić information content (AvgIpc) is 2.49. The molecule has 0 aliphatic carbocycles. The molecule has 1 heterocycles. The molecule has 4 nitrogen and oxygen atoms in total. The first-order valence-electron chi connectivity index (χ1n) is 4.34. The SMILES string of the molecule is CC(C)(C)N=C(N)SCc1ncco1. The van der Waals surface area contributed by atoms with Crippen molar-refractivity contribution in [3.8, 4) is 0 Å². The number of aliphatic imine (C=N–C) groups is 1. The fourth-order valence-corrected chi connectivity index (χ4v) is 1.58. The van der Waals surface area contributed by atoms with Gasteiger partial charge in [0.2, 0.25) is 5.89 Å². The summed E-state index contributed by atoms with van der Waals surface area (Å²) in [5.41, 5.74) is 5.59. The second kappa shape index (κ2) is 4.50. The number of thioether (sulfide) groups is 1. The van der Waals surface area contributed by atoms with Crippen molar-refractivity contribution in [1.29, 1.82) is 0 Å². The highest BCUT2D eigenvalue weighted by molar-refractivity contribution is 8.13. The van der Waals surface area contributed by atoms with Gasteiger partial charge < -0.3 is 10.2 Å². The zero-order chi connectivity index (χ0) is 10.6.